The summed E-state index contributed by atoms with van der Waals surface area (Å²) in [6.45, 7) is 1.11. The number of benzene rings is 1. The zero-order chi connectivity index (χ0) is 17.8. The number of ether oxygens (including phenoxy) is 1. The van der Waals surface area contributed by atoms with E-state index in [2.05, 4.69) is 11.4 Å². The Bertz CT molecular complexity index is 805. The number of anilines is 1. The van der Waals surface area contributed by atoms with Crippen molar-refractivity contribution in [2.45, 2.75) is 25.8 Å². The number of nitrogens with zero attached hydrogens (tertiary/aromatic N) is 1. The zero-order valence-corrected chi connectivity index (χ0v) is 15.3. The third kappa shape index (κ3) is 4.01. The van der Waals surface area contributed by atoms with Crippen LogP contribution in [0.25, 0.3) is 0 Å². The minimum atomic E-state index is -0.0533. The van der Waals surface area contributed by atoms with Crippen molar-refractivity contribution in [2.24, 2.45) is 0 Å². The highest BCUT2D eigenvalue weighted by molar-refractivity contribution is 7.16. The van der Waals surface area contributed by atoms with Crippen molar-refractivity contribution < 1.29 is 14.4 Å². The standard InChI is InChI=1S/C19H21N3O2S/c1-22(11-13-6-8-14(24-2)9-7-13)12-18(23)21-19-16(10-20)15-4-3-5-17(15)25-19/h6-9H,3-5,11-12H2,1-2H3,(H,21,23)/p+1. The summed E-state index contributed by atoms with van der Waals surface area (Å²) in [7, 11) is 3.64. The lowest BCUT2D eigenvalue weighted by Gasteiger charge is -2.14. The van der Waals surface area contributed by atoms with Gasteiger partial charge in [0.1, 0.15) is 23.4 Å². The molecule has 1 atom stereocenters. The molecular formula is C19H22N3O2S+. The molecule has 3 rings (SSSR count). The number of methoxy groups -OCH3 is 1. The first-order valence-corrected chi connectivity index (χ1v) is 9.21. The lowest BCUT2D eigenvalue weighted by molar-refractivity contribution is -0.885. The van der Waals surface area contributed by atoms with Gasteiger partial charge >= 0.3 is 0 Å². The van der Waals surface area contributed by atoms with Crippen LogP contribution in [-0.2, 0) is 24.2 Å². The van der Waals surface area contributed by atoms with Crippen molar-refractivity contribution in [3.63, 3.8) is 0 Å². The van der Waals surface area contributed by atoms with Crippen LogP contribution in [0.3, 0.4) is 0 Å². The zero-order valence-electron chi connectivity index (χ0n) is 14.5. The summed E-state index contributed by atoms with van der Waals surface area (Å²) in [6.07, 6.45) is 3.08. The number of aryl methyl sites for hydroxylation is 1. The van der Waals surface area contributed by atoms with E-state index < -0.39 is 0 Å². The molecule has 2 N–H and O–H groups in total. The number of amides is 1. The molecule has 1 aliphatic carbocycles. The number of quaternary nitrogens is 1. The van der Waals surface area contributed by atoms with Gasteiger partial charge in [0.25, 0.3) is 5.91 Å². The first-order valence-electron chi connectivity index (χ1n) is 8.39. The van der Waals surface area contributed by atoms with E-state index in [0.717, 1.165) is 52.6 Å². The number of likely N-dealkylation sites (N-methyl/N-ethyl adjacent to an activating group) is 1. The van der Waals surface area contributed by atoms with Crippen LogP contribution in [0.4, 0.5) is 5.00 Å². The minimum absolute atomic E-state index is 0.0533. The third-order valence-corrected chi connectivity index (χ3v) is 5.62. The second-order valence-corrected chi connectivity index (χ2v) is 7.49. The number of hydrogen-bond acceptors (Lipinski definition) is 4. The molecule has 25 heavy (non-hydrogen) atoms. The van der Waals surface area contributed by atoms with Crippen LogP contribution in [0, 0.1) is 11.3 Å². The summed E-state index contributed by atoms with van der Waals surface area (Å²) in [4.78, 5) is 14.7. The third-order valence-electron chi connectivity index (χ3n) is 4.41. The Balaban J connectivity index is 1.58. The monoisotopic (exact) mass is 356 g/mol. The molecule has 1 aromatic carbocycles. The summed E-state index contributed by atoms with van der Waals surface area (Å²) in [6, 6.07) is 10.1. The number of thiophene rings is 1. The number of fused-ring (bicyclic) bond motifs is 1. The molecule has 5 nitrogen and oxygen atoms in total. The number of carbonyl (C=O) groups is 1. The molecule has 0 fully saturated rings. The van der Waals surface area contributed by atoms with Gasteiger partial charge in [0, 0.05) is 10.4 Å². The van der Waals surface area contributed by atoms with Crippen molar-refractivity contribution in [1.29, 1.82) is 5.26 Å². The van der Waals surface area contributed by atoms with Crippen LogP contribution in [0.2, 0.25) is 0 Å². The van der Waals surface area contributed by atoms with Gasteiger partial charge < -0.3 is 15.0 Å². The van der Waals surface area contributed by atoms with Gasteiger partial charge in [-0.25, -0.2) is 0 Å². The highest BCUT2D eigenvalue weighted by Gasteiger charge is 2.23. The highest BCUT2D eigenvalue weighted by Crippen LogP contribution is 2.38. The maximum atomic E-state index is 12.4. The van der Waals surface area contributed by atoms with Gasteiger partial charge in [-0.15, -0.1) is 11.3 Å². The van der Waals surface area contributed by atoms with Crippen molar-refractivity contribution >= 4 is 22.2 Å². The molecule has 0 aliphatic heterocycles. The van der Waals surface area contributed by atoms with E-state index in [0.29, 0.717) is 12.1 Å². The molecule has 1 unspecified atom stereocenters. The summed E-state index contributed by atoms with van der Waals surface area (Å²) in [5, 5.41) is 13.1. The maximum absolute atomic E-state index is 12.4. The van der Waals surface area contributed by atoms with Crippen LogP contribution in [0.1, 0.15) is 28.0 Å². The van der Waals surface area contributed by atoms with Gasteiger partial charge in [0.15, 0.2) is 6.54 Å². The molecule has 6 heteroatoms. The van der Waals surface area contributed by atoms with Crippen molar-refractivity contribution in [1.82, 2.24) is 0 Å². The summed E-state index contributed by atoms with van der Waals surface area (Å²) < 4.78 is 5.16. The molecule has 1 aliphatic rings. The van der Waals surface area contributed by atoms with Crippen LogP contribution in [-0.4, -0.2) is 26.6 Å². The topological polar surface area (TPSA) is 66.6 Å². The second kappa shape index (κ2) is 7.68. The van der Waals surface area contributed by atoms with Gasteiger partial charge in [-0.1, -0.05) is 0 Å². The lowest BCUT2D eigenvalue weighted by atomic mass is 10.1. The Morgan fingerprint density at radius 1 is 1.36 bits per heavy atom. The van der Waals surface area contributed by atoms with E-state index in [1.54, 1.807) is 18.4 Å². The van der Waals surface area contributed by atoms with E-state index in [9.17, 15) is 10.1 Å². The minimum Gasteiger partial charge on any atom is -0.497 e. The number of carbonyl (C=O) groups excluding carboxylic acids is 1. The van der Waals surface area contributed by atoms with Crippen LogP contribution in [0.15, 0.2) is 24.3 Å². The van der Waals surface area contributed by atoms with Gasteiger partial charge in [0.05, 0.1) is 19.7 Å². The molecule has 1 aromatic heterocycles. The fourth-order valence-corrected chi connectivity index (χ4v) is 4.47. The molecule has 0 saturated carbocycles. The van der Waals surface area contributed by atoms with Crippen LogP contribution in [0.5, 0.6) is 5.75 Å². The fraction of sp³-hybridized carbons (Fsp3) is 0.368. The Hall–Kier alpha value is -2.36. The van der Waals surface area contributed by atoms with E-state index in [1.165, 1.54) is 4.88 Å². The quantitative estimate of drug-likeness (QED) is 0.829. The summed E-state index contributed by atoms with van der Waals surface area (Å²) >= 11 is 1.56. The maximum Gasteiger partial charge on any atom is 0.280 e. The molecule has 130 valence electrons. The number of hydrogen-bond donors (Lipinski definition) is 2. The van der Waals surface area contributed by atoms with Crippen molar-refractivity contribution in [3.05, 3.63) is 45.8 Å². The first-order chi connectivity index (χ1) is 12.1. The number of nitrogens with one attached hydrogen (secondary N) is 2. The normalized spacial score (nSPS) is 13.8. The lowest BCUT2D eigenvalue weighted by Crippen LogP contribution is -3.08. The van der Waals surface area contributed by atoms with Gasteiger partial charge in [-0.3, -0.25) is 4.79 Å². The number of rotatable bonds is 6. The Kier molecular flexibility index (Phi) is 5.37. The largest absolute Gasteiger partial charge is 0.497 e. The predicted molar refractivity (Wildman–Crippen MR) is 98.1 cm³/mol. The molecule has 0 radical (unpaired) electrons. The first kappa shape index (κ1) is 17.5. The van der Waals surface area contributed by atoms with E-state index in [1.807, 2.05) is 31.3 Å². The Morgan fingerprint density at radius 2 is 2.12 bits per heavy atom. The number of nitriles is 1. The van der Waals surface area contributed by atoms with Crippen molar-refractivity contribution in [3.8, 4) is 11.8 Å². The summed E-state index contributed by atoms with van der Waals surface area (Å²) in [5.74, 6) is 0.774. The average Bonchev–Trinajstić information content (AvgIpc) is 3.15. The van der Waals surface area contributed by atoms with Gasteiger partial charge in [-0.05, 0) is 49.1 Å². The van der Waals surface area contributed by atoms with E-state index in [-0.39, 0.29) is 5.91 Å². The van der Waals surface area contributed by atoms with Crippen molar-refractivity contribution in [2.75, 3.05) is 26.0 Å². The summed E-state index contributed by atoms with van der Waals surface area (Å²) in [5.41, 5.74) is 2.96. The fourth-order valence-electron chi connectivity index (χ4n) is 3.21. The molecule has 0 bridgehead atoms. The SMILES string of the molecule is COc1ccc(C[NH+](C)CC(=O)Nc2sc3c(c2C#N)CCC3)cc1. The second-order valence-electron chi connectivity index (χ2n) is 6.38. The van der Waals surface area contributed by atoms with Crippen LogP contribution < -0.4 is 15.0 Å². The average molecular weight is 356 g/mol. The highest BCUT2D eigenvalue weighted by atomic mass is 32.1. The van der Waals surface area contributed by atoms with E-state index in [4.69, 9.17) is 4.74 Å². The van der Waals surface area contributed by atoms with Gasteiger partial charge in [-0.2, -0.15) is 5.26 Å². The molecule has 2 aromatic rings. The molecule has 0 spiro atoms. The van der Waals surface area contributed by atoms with E-state index >= 15 is 0 Å². The molecule has 0 saturated heterocycles. The van der Waals surface area contributed by atoms with Crippen LogP contribution >= 0.6 is 11.3 Å². The van der Waals surface area contributed by atoms with Gasteiger partial charge in [0.2, 0.25) is 0 Å². The Labute approximate surface area is 151 Å². The smallest absolute Gasteiger partial charge is 0.280 e. The molecule has 1 heterocycles. The molecular weight excluding hydrogens is 334 g/mol. The molecule has 1 amide bonds. The predicted octanol–water partition coefficient (Wildman–Crippen LogP) is 1.77. The Morgan fingerprint density at radius 3 is 2.80 bits per heavy atom.